The number of carboxylic acid groups (broad SMARTS) is 1. The van der Waals surface area contributed by atoms with Crippen LogP contribution in [0.2, 0.25) is 5.02 Å². The van der Waals surface area contributed by atoms with E-state index in [4.69, 9.17) is 20.4 Å². The predicted molar refractivity (Wildman–Crippen MR) is 103 cm³/mol. The SMILES string of the molecule is O=C(O)C(Nc1ccc(Cl)c(C(F)(F)F)c1)c1ccc(CSCc2ccco2)o1. The number of thioether (sulfide) groups is 1. The number of anilines is 1. The Labute approximate surface area is 172 Å². The molecule has 0 bridgehead atoms. The Bertz CT molecular complexity index is 972. The molecule has 154 valence electrons. The highest BCUT2D eigenvalue weighted by Crippen LogP contribution is 2.37. The van der Waals surface area contributed by atoms with E-state index in [1.165, 1.54) is 23.9 Å². The largest absolute Gasteiger partial charge is 0.479 e. The lowest BCUT2D eigenvalue weighted by Gasteiger charge is -2.16. The number of halogens is 4. The van der Waals surface area contributed by atoms with Crippen LogP contribution in [0.3, 0.4) is 0 Å². The fourth-order valence-electron chi connectivity index (χ4n) is 2.53. The molecule has 0 spiro atoms. The Kier molecular flexibility index (Phi) is 6.49. The van der Waals surface area contributed by atoms with E-state index in [0.29, 0.717) is 17.3 Å². The molecule has 2 N–H and O–H groups in total. The van der Waals surface area contributed by atoms with Crippen molar-refractivity contribution in [2.45, 2.75) is 23.7 Å². The van der Waals surface area contributed by atoms with Crippen LogP contribution in [0.5, 0.6) is 0 Å². The number of alkyl halides is 3. The van der Waals surface area contributed by atoms with Crippen molar-refractivity contribution in [1.82, 2.24) is 0 Å². The van der Waals surface area contributed by atoms with Gasteiger partial charge in [0.05, 0.1) is 28.4 Å². The van der Waals surface area contributed by atoms with Gasteiger partial charge in [-0.2, -0.15) is 13.2 Å². The van der Waals surface area contributed by atoms with E-state index in [9.17, 15) is 23.1 Å². The van der Waals surface area contributed by atoms with Crippen LogP contribution in [-0.2, 0) is 22.5 Å². The molecular weight excluding hydrogens is 431 g/mol. The molecule has 10 heteroatoms. The molecule has 2 aromatic heterocycles. The number of furan rings is 2. The standard InChI is InChI=1S/C19H15ClF3NO4S/c20-15-5-3-11(8-14(15)19(21,22)23)24-17(18(25)26)16-6-4-13(28-16)10-29-9-12-2-1-7-27-12/h1-8,17,24H,9-10H2,(H,25,26). The lowest BCUT2D eigenvalue weighted by Crippen LogP contribution is -2.20. The number of benzene rings is 1. The summed E-state index contributed by atoms with van der Waals surface area (Å²) in [6.07, 6.45) is -3.08. The maximum absolute atomic E-state index is 13.0. The molecule has 0 aliphatic carbocycles. The number of carbonyl (C=O) groups is 1. The van der Waals surface area contributed by atoms with Gasteiger partial charge in [0, 0.05) is 5.69 Å². The van der Waals surface area contributed by atoms with Crippen LogP contribution in [0, 0.1) is 0 Å². The van der Waals surface area contributed by atoms with E-state index in [0.717, 1.165) is 17.9 Å². The van der Waals surface area contributed by atoms with Crippen molar-refractivity contribution in [1.29, 1.82) is 0 Å². The number of hydrogen-bond acceptors (Lipinski definition) is 5. The van der Waals surface area contributed by atoms with Gasteiger partial charge in [0.2, 0.25) is 0 Å². The van der Waals surface area contributed by atoms with Crippen LogP contribution in [0.1, 0.15) is 28.9 Å². The average Bonchev–Trinajstić information content (AvgIpc) is 3.32. The van der Waals surface area contributed by atoms with E-state index in [-0.39, 0.29) is 11.4 Å². The van der Waals surface area contributed by atoms with Crippen LogP contribution in [0.25, 0.3) is 0 Å². The number of rotatable bonds is 8. The lowest BCUT2D eigenvalue weighted by molar-refractivity contribution is -0.138. The van der Waals surface area contributed by atoms with E-state index < -0.39 is 28.8 Å². The smallest absolute Gasteiger partial charge is 0.417 e. The van der Waals surface area contributed by atoms with Gasteiger partial charge < -0.3 is 19.3 Å². The summed E-state index contributed by atoms with van der Waals surface area (Å²) < 4.78 is 49.8. The van der Waals surface area contributed by atoms with Crippen LogP contribution < -0.4 is 5.32 Å². The fourth-order valence-corrected chi connectivity index (χ4v) is 3.58. The minimum Gasteiger partial charge on any atom is -0.479 e. The molecule has 1 unspecified atom stereocenters. The molecule has 29 heavy (non-hydrogen) atoms. The summed E-state index contributed by atoms with van der Waals surface area (Å²) in [5, 5.41) is 11.6. The summed E-state index contributed by atoms with van der Waals surface area (Å²) in [6.45, 7) is 0. The molecule has 1 aromatic carbocycles. The van der Waals surface area contributed by atoms with E-state index >= 15 is 0 Å². The molecule has 0 fully saturated rings. The van der Waals surface area contributed by atoms with Gasteiger partial charge in [0.1, 0.15) is 17.3 Å². The van der Waals surface area contributed by atoms with Gasteiger partial charge in [-0.1, -0.05) is 11.6 Å². The first kappa shape index (κ1) is 21.2. The molecule has 3 rings (SSSR count). The summed E-state index contributed by atoms with van der Waals surface area (Å²) in [7, 11) is 0. The number of nitrogens with one attached hydrogen (secondary N) is 1. The highest BCUT2D eigenvalue weighted by atomic mass is 35.5. The first-order chi connectivity index (χ1) is 13.7. The summed E-state index contributed by atoms with van der Waals surface area (Å²) in [5.74, 6) is 1.22. The summed E-state index contributed by atoms with van der Waals surface area (Å²) in [6, 6.07) is 8.47. The quantitative estimate of drug-likeness (QED) is 0.429. The minimum absolute atomic E-state index is 0.0423. The predicted octanol–water partition coefficient (Wildman–Crippen LogP) is 6.22. The molecule has 0 aliphatic rings. The molecule has 0 radical (unpaired) electrons. The Morgan fingerprint density at radius 3 is 2.59 bits per heavy atom. The Morgan fingerprint density at radius 1 is 1.17 bits per heavy atom. The second-order valence-corrected chi connectivity index (χ2v) is 7.38. The zero-order valence-electron chi connectivity index (χ0n) is 14.7. The van der Waals surface area contributed by atoms with E-state index in [1.807, 2.05) is 6.07 Å². The highest BCUT2D eigenvalue weighted by Gasteiger charge is 2.34. The monoisotopic (exact) mass is 445 g/mol. The van der Waals surface area contributed by atoms with Gasteiger partial charge in [0.25, 0.3) is 0 Å². The van der Waals surface area contributed by atoms with Crippen molar-refractivity contribution in [2.75, 3.05) is 5.32 Å². The Hall–Kier alpha value is -2.52. The average molecular weight is 446 g/mol. The Morgan fingerprint density at radius 2 is 1.93 bits per heavy atom. The minimum atomic E-state index is -4.66. The first-order valence-corrected chi connectivity index (χ1v) is 9.82. The second-order valence-electron chi connectivity index (χ2n) is 5.98. The molecule has 5 nitrogen and oxygen atoms in total. The van der Waals surface area contributed by atoms with Crippen LogP contribution >= 0.6 is 23.4 Å². The highest BCUT2D eigenvalue weighted by molar-refractivity contribution is 7.97. The van der Waals surface area contributed by atoms with E-state index in [2.05, 4.69) is 5.32 Å². The van der Waals surface area contributed by atoms with Crippen LogP contribution in [0.4, 0.5) is 18.9 Å². The van der Waals surface area contributed by atoms with Crippen molar-refractivity contribution < 1.29 is 31.9 Å². The van der Waals surface area contributed by atoms with Gasteiger partial charge in [0.15, 0.2) is 6.04 Å². The molecule has 0 aliphatic heterocycles. The van der Waals surface area contributed by atoms with E-state index in [1.54, 1.807) is 18.4 Å². The molecule has 0 amide bonds. The van der Waals surface area contributed by atoms with Gasteiger partial charge >= 0.3 is 12.1 Å². The molecular formula is C19H15ClF3NO4S. The first-order valence-electron chi connectivity index (χ1n) is 8.29. The summed E-state index contributed by atoms with van der Waals surface area (Å²) in [4.78, 5) is 11.6. The third kappa shape index (κ3) is 5.51. The van der Waals surface area contributed by atoms with Crippen LogP contribution in [-0.4, -0.2) is 11.1 Å². The van der Waals surface area contributed by atoms with Crippen molar-refractivity contribution >= 4 is 35.0 Å². The molecule has 1 atom stereocenters. The summed E-state index contributed by atoms with van der Waals surface area (Å²) in [5.41, 5.74) is -1.10. The zero-order valence-corrected chi connectivity index (χ0v) is 16.3. The second kappa shape index (κ2) is 8.87. The van der Waals surface area contributed by atoms with Crippen LogP contribution in [0.15, 0.2) is 57.6 Å². The molecule has 0 saturated carbocycles. The maximum atomic E-state index is 13.0. The van der Waals surface area contributed by atoms with Gasteiger partial charge in [-0.3, -0.25) is 0 Å². The third-order valence-electron chi connectivity index (χ3n) is 3.87. The van der Waals surface area contributed by atoms with Crippen molar-refractivity contribution in [3.63, 3.8) is 0 Å². The normalized spacial score (nSPS) is 12.7. The topological polar surface area (TPSA) is 75.6 Å². The van der Waals surface area contributed by atoms with Crippen molar-refractivity contribution in [3.8, 4) is 0 Å². The van der Waals surface area contributed by atoms with Crippen molar-refractivity contribution in [2.24, 2.45) is 0 Å². The number of aliphatic carboxylic acids is 1. The molecule has 3 aromatic rings. The van der Waals surface area contributed by atoms with Gasteiger partial charge in [-0.05, 0) is 42.5 Å². The Balaban J connectivity index is 1.70. The van der Waals surface area contributed by atoms with Gasteiger partial charge in [-0.25, -0.2) is 4.79 Å². The number of hydrogen-bond donors (Lipinski definition) is 2. The lowest BCUT2D eigenvalue weighted by atomic mass is 10.1. The zero-order chi connectivity index (χ0) is 21.0. The summed E-state index contributed by atoms with van der Waals surface area (Å²) >= 11 is 7.11. The van der Waals surface area contributed by atoms with Gasteiger partial charge in [-0.15, -0.1) is 11.8 Å². The number of carboxylic acids is 1. The van der Waals surface area contributed by atoms with Crippen molar-refractivity contribution in [3.05, 3.63) is 76.6 Å². The maximum Gasteiger partial charge on any atom is 0.417 e. The molecule has 0 saturated heterocycles. The fraction of sp³-hybridized carbons (Fsp3) is 0.211. The molecule has 2 heterocycles. The third-order valence-corrected chi connectivity index (χ3v) is 5.17.